The highest BCUT2D eigenvalue weighted by Gasteiger charge is 2.39. The van der Waals surface area contributed by atoms with Gasteiger partial charge in [0, 0.05) is 28.6 Å². The van der Waals surface area contributed by atoms with Crippen LogP contribution < -0.4 is 16.4 Å². The first kappa shape index (κ1) is 15.4. The molecule has 6 heteroatoms. The van der Waals surface area contributed by atoms with Crippen molar-refractivity contribution in [3.63, 3.8) is 0 Å². The van der Waals surface area contributed by atoms with E-state index in [2.05, 4.69) is 10.6 Å². The van der Waals surface area contributed by atoms with Crippen LogP contribution >= 0.6 is 11.3 Å². The minimum Gasteiger partial charge on any atom is -0.366 e. The Labute approximate surface area is 144 Å². The Bertz CT molecular complexity index is 784. The molecule has 3 atom stereocenters. The highest BCUT2D eigenvalue weighted by molar-refractivity contribution is 7.17. The molecule has 0 spiro atoms. The van der Waals surface area contributed by atoms with Crippen LogP contribution in [-0.4, -0.2) is 29.9 Å². The molecule has 0 radical (unpaired) electrons. The van der Waals surface area contributed by atoms with E-state index in [-0.39, 0.29) is 11.9 Å². The van der Waals surface area contributed by atoms with Gasteiger partial charge in [0.05, 0.1) is 4.88 Å². The lowest BCUT2D eigenvalue weighted by atomic mass is 9.95. The molecule has 4 rings (SSSR count). The molecule has 1 aromatic heterocycles. The molecule has 3 heterocycles. The number of primary amides is 1. The first-order valence-electron chi connectivity index (χ1n) is 8.17. The quantitative estimate of drug-likeness (QED) is 0.796. The zero-order chi connectivity index (χ0) is 16.7. The first-order chi connectivity index (χ1) is 11.6. The van der Waals surface area contributed by atoms with E-state index in [0.717, 1.165) is 23.3 Å². The van der Waals surface area contributed by atoms with E-state index in [1.807, 2.05) is 24.3 Å². The smallest absolute Gasteiger partial charge is 0.261 e. The van der Waals surface area contributed by atoms with E-state index in [4.69, 9.17) is 5.73 Å². The maximum absolute atomic E-state index is 12.5. The second-order valence-electron chi connectivity index (χ2n) is 6.47. The molecule has 3 unspecified atom stereocenters. The van der Waals surface area contributed by atoms with Crippen LogP contribution in [0, 0.1) is 0 Å². The van der Waals surface area contributed by atoms with Crippen molar-refractivity contribution in [3.8, 4) is 10.4 Å². The normalized spacial score (nSPS) is 24.9. The third kappa shape index (κ3) is 2.83. The van der Waals surface area contributed by atoms with Gasteiger partial charge in [-0.3, -0.25) is 9.59 Å². The first-order valence-corrected chi connectivity index (χ1v) is 8.99. The Balaban J connectivity index is 1.46. The number of rotatable bonds is 4. The zero-order valence-electron chi connectivity index (χ0n) is 13.1. The van der Waals surface area contributed by atoms with E-state index < -0.39 is 5.91 Å². The Kier molecular flexibility index (Phi) is 3.86. The van der Waals surface area contributed by atoms with E-state index in [1.165, 1.54) is 17.8 Å². The summed E-state index contributed by atoms with van der Waals surface area (Å²) in [4.78, 5) is 25.3. The van der Waals surface area contributed by atoms with Crippen molar-refractivity contribution >= 4 is 23.2 Å². The van der Waals surface area contributed by atoms with Crippen molar-refractivity contribution < 1.29 is 9.59 Å². The summed E-state index contributed by atoms with van der Waals surface area (Å²) in [5, 5.41) is 6.69. The van der Waals surface area contributed by atoms with Crippen molar-refractivity contribution in [3.05, 3.63) is 46.8 Å². The number of amides is 2. The molecule has 2 amide bonds. The zero-order valence-corrected chi connectivity index (χ0v) is 13.9. The Morgan fingerprint density at radius 2 is 1.92 bits per heavy atom. The van der Waals surface area contributed by atoms with Gasteiger partial charge in [-0.2, -0.15) is 0 Å². The number of benzene rings is 1. The van der Waals surface area contributed by atoms with Crippen molar-refractivity contribution in [2.45, 2.75) is 37.4 Å². The fraction of sp³-hybridized carbons (Fsp3) is 0.333. The van der Waals surface area contributed by atoms with Crippen LogP contribution in [0.1, 0.15) is 39.3 Å². The molecular weight excluding hydrogens is 322 g/mol. The summed E-state index contributed by atoms with van der Waals surface area (Å²) in [6.07, 6.45) is 3.40. The summed E-state index contributed by atoms with van der Waals surface area (Å²) in [6.45, 7) is 0. The third-order valence-electron chi connectivity index (χ3n) is 4.90. The van der Waals surface area contributed by atoms with Gasteiger partial charge in [0.25, 0.3) is 5.91 Å². The van der Waals surface area contributed by atoms with Crippen LogP contribution in [0.15, 0.2) is 36.4 Å². The third-order valence-corrected chi connectivity index (χ3v) is 6.03. The van der Waals surface area contributed by atoms with Gasteiger partial charge >= 0.3 is 0 Å². The van der Waals surface area contributed by atoms with E-state index in [9.17, 15) is 9.59 Å². The van der Waals surface area contributed by atoms with Gasteiger partial charge in [-0.15, -0.1) is 11.3 Å². The molecule has 2 fully saturated rings. The van der Waals surface area contributed by atoms with Gasteiger partial charge in [-0.05, 0) is 49.1 Å². The fourth-order valence-corrected chi connectivity index (χ4v) is 4.55. The number of hydrogen-bond donors (Lipinski definition) is 3. The highest BCUT2D eigenvalue weighted by atomic mass is 32.1. The summed E-state index contributed by atoms with van der Waals surface area (Å²) < 4.78 is 0. The average Bonchev–Trinajstić information content (AvgIpc) is 3.31. The second-order valence-corrected chi connectivity index (χ2v) is 7.55. The lowest BCUT2D eigenvalue weighted by Gasteiger charge is -2.20. The van der Waals surface area contributed by atoms with Crippen LogP contribution in [0.2, 0.25) is 0 Å². The van der Waals surface area contributed by atoms with Crippen LogP contribution in [0.4, 0.5) is 0 Å². The molecule has 2 saturated heterocycles. The second kappa shape index (κ2) is 6.03. The molecule has 5 nitrogen and oxygen atoms in total. The Morgan fingerprint density at radius 3 is 2.54 bits per heavy atom. The topological polar surface area (TPSA) is 84.2 Å². The van der Waals surface area contributed by atoms with E-state index >= 15 is 0 Å². The molecule has 1 aromatic carbocycles. The lowest BCUT2D eigenvalue weighted by molar-refractivity contribution is 0.0934. The summed E-state index contributed by atoms with van der Waals surface area (Å²) in [6, 6.07) is 12.2. The fourth-order valence-electron chi connectivity index (χ4n) is 3.64. The minimum atomic E-state index is -0.438. The standard InChI is InChI=1S/C18H19N3O2S/c19-17(22)11-3-1-10(2-4-11)15-7-8-16(24-15)18(23)21-14-9-12-5-6-13(14)20-12/h1-4,7-8,12-14,20H,5-6,9H2,(H2,19,22)(H,21,23). The predicted octanol–water partition coefficient (Wildman–Crippen LogP) is 2.14. The Hall–Kier alpha value is -2.18. The number of carbonyl (C=O) groups is 2. The van der Waals surface area contributed by atoms with Gasteiger partial charge in [0.15, 0.2) is 0 Å². The number of hydrogen-bond acceptors (Lipinski definition) is 4. The number of nitrogens with one attached hydrogen (secondary N) is 2. The van der Waals surface area contributed by atoms with E-state index in [0.29, 0.717) is 22.5 Å². The molecule has 4 N–H and O–H groups in total. The number of fused-ring (bicyclic) bond motifs is 2. The highest BCUT2D eigenvalue weighted by Crippen LogP contribution is 2.30. The molecule has 0 saturated carbocycles. The molecule has 2 bridgehead atoms. The van der Waals surface area contributed by atoms with Gasteiger partial charge < -0.3 is 16.4 Å². The molecule has 2 aliphatic rings. The lowest BCUT2D eigenvalue weighted by Crippen LogP contribution is -2.42. The van der Waals surface area contributed by atoms with Gasteiger partial charge in [0.2, 0.25) is 5.91 Å². The molecular formula is C18H19N3O2S. The van der Waals surface area contributed by atoms with Crippen molar-refractivity contribution in [1.29, 1.82) is 0 Å². The predicted molar refractivity (Wildman–Crippen MR) is 94.1 cm³/mol. The molecule has 24 heavy (non-hydrogen) atoms. The summed E-state index contributed by atoms with van der Waals surface area (Å²) in [7, 11) is 0. The Morgan fingerprint density at radius 1 is 1.12 bits per heavy atom. The maximum Gasteiger partial charge on any atom is 0.261 e. The summed E-state index contributed by atoms with van der Waals surface area (Å²) in [5.74, 6) is -0.438. The van der Waals surface area contributed by atoms with Crippen LogP contribution in [0.5, 0.6) is 0 Å². The van der Waals surface area contributed by atoms with Crippen molar-refractivity contribution in [2.24, 2.45) is 5.73 Å². The average molecular weight is 341 g/mol. The van der Waals surface area contributed by atoms with E-state index in [1.54, 1.807) is 12.1 Å². The summed E-state index contributed by atoms with van der Waals surface area (Å²) >= 11 is 1.46. The number of nitrogens with two attached hydrogens (primary N) is 1. The van der Waals surface area contributed by atoms with Crippen molar-refractivity contribution in [1.82, 2.24) is 10.6 Å². The van der Waals surface area contributed by atoms with Crippen LogP contribution in [0.25, 0.3) is 10.4 Å². The minimum absolute atomic E-state index is 0.000596. The van der Waals surface area contributed by atoms with Gasteiger partial charge in [-0.25, -0.2) is 0 Å². The van der Waals surface area contributed by atoms with Gasteiger partial charge in [0.1, 0.15) is 0 Å². The number of thiophene rings is 1. The monoisotopic (exact) mass is 341 g/mol. The molecule has 124 valence electrons. The maximum atomic E-state index is 12.5. The SMILES string of the molecule is NC(=O)c1ccc(-c2ccc(C(=O)NC3CC4CCC3N4)s2)cc1. The molecule has 2 aromatic rings. The van der Waals surface area contributed by atoms with Gasteiger partial charge in [-0.1, -0.05) is 12.1 Å². The molecule has 0 aliphatic carbocycles. The van der Waals surface area contributed by atoms with Crippen molar-refractivity contribution in [2.75, 3.05) is 0 Å². The number of carbonyl (C=O) groups excluding carboxylic acids is 2. The molecule has 2 aliphatic heterocycles. The largest absolute Gasteiger partial charge is 0.366 e. The van der Waals surface area contributed by atoms with Crippen LogP contribution in [-0.2, 0) is 0 Å². The van der Waals surface area contributed by atoms with Crippen LogP contribution in [0.3, 0.4) is 0 Å². The summed E-state index contributed by atoms with van der Waals surface area (Å²) in [5.41, 5.74) is 6.72.